The summed E-state index contributed by atoms with van der Waals surface area (Å²) in [5.74, 6) is 5.88. The number of carbonyl (C=O) groups excluding carboxylic acids is 1. The Morgan fingerprint density at radius 2 is 2.07 bits per heavy atom. The van der Waals surface area contributed by atoms with Crippen LogP contribution in [-0.4, -0.2) is 35.3 Å². The van der Waals surface area contributed by atoms with Crippen LogP contribution in [0, 0.1) is 0 Å². The summed E-state index contributed by atoms with van der Waals surface area (Å²) in [6.07, 6.45) is 1.33. The molecule has 0 bridgehead atoms. The molecule has 5 heteroatoms. The number of hydrazine groups is 1. The molecule has 2 aliphatic rings. The predicted octanol–water partition coefficient (Wildman–Crippen LogP) is 0.212. The molecule has 2 heterocycles. The number of hydrogen-bond acceptors (Lipinski definition) is 4. The minimum absolute atomic E-state index is 0.256. The van der Waals surface area contributed by atoms with Gasteiger partial charge in [0.05, 0.1) is 6.54 Å². The van der Waals surface area contributed by atoms with E-state index in [0.717, 1.165) is 12.8 Å². The zero-order chi connectivity index (χ0) is 10.3. The Balaban J connectivity index is 2.12. The first-order chi connectivity index (χ1) is 6.52. The van der Waals surface area contributed by atoms with Crippen LogP contribution in [0.15, 0.2) is 0 Å². The van der Waals surface area contributed by atoms with Crippen LogP contribution < -0.4 is 11.2 Å². The largest absolute Gasteiger partial charge is 0.441 e. The van der Waals surface area contributed by atoms with E-state index >= 15 is 0 Å². The minimum Gasteiger partial charge on any atom is -0.441 e. The van der Waals surface area contributed by atoms with Gasteiger partial charge in [0.1, 0.15) is 5.60 Å². The fourth-order valence-corrected chi connectivity index (χ4v) is 2.54. The molecule has 2 fully saturated rings. The van der Waals surface area contributed by atoms with E-state index in [1.165, 1.54) is 0 Å². The SMILES string of the molecule is CC1CC2(CNC(=O)O2)CC(C)N1N. The first kappa shape index (κ1) is 9.73. The number of carbonyl (C=O) groups is 1. The second kappa shape index (κ2) is 3.10. The summed E-state index contributed by atoms with van der Waals surface area (Å²) in [5, 5.41) is 4.56. The minimum atomic E-state index is -0.314. The van der Waals surface area contributed by atoms with Gasteiger partial charge in [-0.2, -0.15) is 0 Å². The Hall–Kier alpha value is -0.810. The van der Waals surface area contributed by atoms with E-state index in [1.807, 2.05) is 5.01 Å². The smallest absolute Gasteiger partial charge is 0.407 e. The van der Waals surface area contributed by atoms with Gasteiger partial charge < -0.3 is 10.1 Å². The number of rotatable bonds is 0. The van der Waals surface area contributed by atoms with Crippen LogP contribution in [-0.2, 0) is 4.74 Å². The van der Waals surface area contributed by atoms with Gasteiger partial charge in [-0.15, -0.1) is 0 Å². The highest BCUT2D eigenvalue weighted by Crippen LogP contribution is 2.34. The number of piperidine rings is 1. The fourth-order valence-electron chi connectivity index (χ4n) is 2.54. The Morgan fingerprint density at radius 3 is 2.50 bits per heavy atom. The molecule has 2 rings (SSSR count). The van der Waals surface area contributed by atoms with Crippen LogP contribution in [0.4, 0.5) is 4.79 Å². The first-order valence-electron chi connectivity index (χ1n) is 5.02. The first-order valence-corrected chi connectivity index (χ1v) is 5.02. The number of hydrogen-bond donors (Lipinski definition) is 2. The number of amides is 1. The van der Waals surface area contributed by atoms with E-state index in [2.05, 4.69) is 19.2 Å². The van der Waals surface area contributed by atoms with Gasteiger partial charge in [0.2, 0.25) is 0 Å². The molecule has 0 radical (unpaired) electrons. The third-order valence-corrected chi connectivity index (χ3v) is 3.22. The standard InChI is InChI=1S/C9H17N3O2/c1-6-3-9(4-7(2)12(6)10)5-11-8(13)14-9/h6-7H,3-5,10H2,1-2H3,(H,11,13). The quantitative estimate of drug-likeness (QED) is 0.547. The molecule has 0 aromatic heterocycles. The Kier molecular flexibility index (Phi) is 2.16. The van der Waals surface area contributed by atoms with Gasteiger partial charge in [-0.05, 0) is 13.8 Å². The summed E-state index contributed by atoms with van der Waals surface area (Å²) in [6, 6.07) is 0.512. The third-order valence-electron chi connectivity index (χ3n) is 3.22. The lowest BCUT2D eigenvalue weighted by molar-refractivity contribution is -0.0465. The monoisotopic (exact) mass is 199 g/mol. The zero-order valence-electron chi connectivity index (χ0n) is 8.62. The van der Waals surface area contributed by atoms with Crippen molar-refractivity contribution < 1.29 is 9.53 Å². The van der Waals surface area contributed by atoms with Crippen molar-refractivity contribution in [1.82, 2.24) is 10.3 Å². The maximum Gasteiger partial charge on any atom is 0.407 e. The second-order valence-corrected chi connectivity index (χ2v) is 4.48. The molecule has 5 nitrogen and oxygen atoms in total. The molecule has 0 aromatic rings. The van der Waals surface area contributed by atoms with Crippen molar-refractivity contribution in [3.05, 3.63) is 0 Å². The maximum absolute atomic E-state index is 11.0. The van der Waals surface area contributed by atoms with E-state index in [9.17, 15) is 4.79 Å². The van der Waals surface area contributed by atoms with E-state index in [0.29, 0.717) is 6.54 Å². The van der Waals surface area contributed by atoms with Crippen molar-refractivity contribution in [3.63, 3.8) is 0 Å². The molecule has 3 N–H and O–H groups in total. The Morgan fingerprint density at radius 1 is 1.50 bits per heavy atom. The van der Waals surface area contributed by atoms with Gasteiger partial charge in [0, 0.05) is 24.9 Å². The number of nitrogens with two attached hydrogens (primary N) is 1. The Labute approximate surface area is 83.5 Å². The molecule has 14 heavy (non-hydrogen) atoms. The van der Waals surface area contributed by atoms with Crippen molar-refractivity contribution in [2.75, 3.05) is 6.54 Å². The van der Waals surface area contributed by atoms with Crippen LogP contribution in [0.5, 0.6) is 0 Å². The van der Waals surface area contributed by atoms with Crippen LogP contribution in [0.3, 0.4) is 0 Å². The molecule has 0 aliphatic carbocycles. The average molecular weight is 199 g/mol. The lowest BCUT2D eigenvalue weighted by atomic mass is 9.84. The highest BCUT2D eigenvalue weighted by Gasteiger charge is 2.47. The van der Waals surface area contributed by atoms with Gasteiger partial charge in [0.15, 0.2) is 0 Å². The molecule has 0 aromatic carbocycles. The van der Waals surface area contributed by atoms with Gasteiger partial charge in [-0.25, -0.2) is 9.80 Å². The number of ether oxygens (including phenoxy) is 1. The van der Waals surface area contributed by atoms with Crippen LogP contribution in [0.1, 0.15) is 26.7 Å². The van der Waals surface area contributed by atoms with Crippen LogP contribution in [0.2, 0.25) is 0 Å². The van der Waals surface area contributed by atoms with Crippen LogP contribution in [0.25, 0.3) is 0 Å². The van der Waals surface area contributed by atoms with Gasteiger partial charge >= 0.3 is 6.09 Å². The molecular weight excluding hydrogens is 182 g/mol. The summed E-state index contributed by atoms with van der Waals surface area (Å²) >= 11 is 0. The molecule has 2 aliphatic heterocycles. The van der Waals surface area contributed by atoms with Crippen LogP contribution >= 0.6 is 0 Å². The lowest BCUT2D eigenvalue weighted by Crippen LogP contribution is -2.57. The molecule has 2 saturated heterocycles. The summed E-state index contributed by atoms with van der Waals surface area (Å²) in [6.45, 7) is 4.74. The van der Waals surface area contributed by atoms with Crippen molar-refractivity contribution in [1.29, 1.82) is 0 Å². The number of nitrogens with one attached hydrogen (secondary N) is 1. The fraction of sp³-hybridized carbons (Fsp3) is 0.889. The third kappa shape index (κ3) is 1.46. The summed E-state index contributed by atoms with van der Waals surface area (Å²) in [7, 11) is 0. The van der Waals surface area contributed by atoms with Gasteiger partial charge in [-0.1, -0.05) is 0 Å². The normalized spacial score (nSPS) is 43.8. The summed E-state index contributed by atoms with van der Waals surface area (Å²) < 4.78 is 5.35. The molecular formula is C9H17N3O2. The Bertz CT molecular complexity index is 244. The summed E-state index contributed by atoms with van der Waals surface area (Å²) in [5.41, 5.74) is -0.314. The number of alkyl carbamates (subject to hydrolysis) is 1. The van der Waals surface area contributed by atoms with E-state index in [1.54, 1.807) is 0 Å². The lowest BCUT2D eigenvalue weighted by Gasteiger charge is -2.43. The van der Waals surface area contributed by atoms with Crippen molar-refractivity contribution in [2.24, 2.45) is 5.84 Å². The highest BCUT2D eigenvalue weighted by atomic mass is 16.6. The predicted molar refractivity (Wildman–Crippen MR) is 51.4 cm³/mol. The molecule has 0 saturated carbocycles. The van der Waals surface area contributed by atoms with Gasteiger partial charge in [-0.3, -0.25) is 5.84 Å². The average Bonchev–Trinajstić information content (AvgIpc) is 2.43. The van der Waals surface area contributed by atoms with E-state index in [4.69, 9.17) is 10.6 Å². The maximum atomic E-state index is 11.0. The molecule has 2 atom stereocenters. The summed E-state index contributed by atoms with van der Waals surface area (Å²) in [4.78, 5) is 11.0. The van der Waals surface area contributed by atoms with E-state index in [-0.39, 0.29) is 23.8 Å². The second-order valence-electron chi connectivity index (χ2n) is 4.48. The van der Waals surface area contributed by atoms with Crippen molar-refractivity contribution in [3.8, 4) is 0 Å². The topological polar surface area (TPSA) is 67.6 Å². The zero-order valence-corrected chi connectivity index (χ0v) is 8.62. The van der Waals surface area contributed by atoms with Gasteiger partial charge in [0.25, 0.3) is 0 Å². The number of nitrogens with zero attached hydrogens (tertiary/aromatic N) is 1. The molecule has 1 amide bonds. The van der Waals surface area contributed by atoms with Crippen molar-refractivity contribution in [2.45, 2.75) is 44.4 Å². The molecule has 80 valence electrons. The molecule has 1 spiro atoms. The van der Waals surface area contributed by atoms with E-state index < -0.39 is 0 Å². The van der Waals surface area contributed by atoms with Crippen molar-refractivity contribution >= 4 is 6.09 Å². The highest BCUT2D eigenvalue weighted by molar-refractivity contribution is 5.70. The molecule has 2 unspecified atom stereocenters.